The maximum absolute atomic E-state index is 2.36. The Bertz CT molecular complexity index is 2740. The number of hydrogen-bond donors (Lipinski definition) is 0. The van der Waals surface area contributed by atoms with Gasteiger partial charge in [0.1, 0.15) is 0 Å². The van der Waals surface area contributed by atoms with Crippen LogP contribution in [0.2, 0.25) is 0 Å². The summed E-state index contributed by atoms with van der Waals surface area (Å²) < 4.78 is 7.32. The Balaban J connectivity index is 0.989. The van der Waals surface area contributed by atoms with Gasteiger partial charge in [-0.25, -0.2) is 0 Å². The molecule has 0 amide bonds. The van der Waals surface area contributed by atoms with Crippen molar-refractivity contribution in [1.82, 2.24) is 9.13 Å². The van der Waals surface area contributed by atoms with Crippen LogP contribution in [0.4, 0.5) is 0 Å². The molecule has 3 heteroatoms. The van der Waals surface area contributed by atoms with Crippen LogP contribution in [0.3, 0.4) is 0 Å². The van der Waals surface area contributed by atoms with Crippen molar-refractivity contribution in [3.63, 3.8) is 0 Å². The van der Waals surface area contributed by atoms with E-state index < -0.39 is 0 Å². The summed E-state index contributed by atoms with van der Waals surface area (Å²) in [6, 6.07) is 59.8. The summed E-state index contributed by atoms with van der Waals surface area (Å²) in [6.45, 7) is 0. The summed E-state index contributed by atoms with van der Waals surface area (Å²) in [6.07, 6.45) is 2.18. The predicted octanol–water partition coefficient (Wildman–Crippen LogP) is 12.4. The van der Waals surface area contributed by atoms with E-state index in [2.05, 4.69) is 179 Å². The second-order valence-electron chi connectivity index (χ2n) is 12.2. The first-order valence-electron chi connectivity index (χ1n) is 16.0. The van der Waals surface area contributed by atoms with Crippen LogP contribution in [0.15, 0.2) is 170 Å². The van der Waals surface area contributed by atoms with Gasteiger partial charge in [-0.2, -0.15) is 0 Å². The molecule has 0 aliphatic rings. The molecule has 0 bridgehead atoms. The molecule has 0 unspecified atom stereocenters. The standard InChI is InChI=1S/C44H28N2S/c1-4-13-41-36(10-1)37-11-2-5-14-42(37)46(41)35-20-18-34(19-21-35)45-25-24-33-27-31(16-22-40(33)45)29-8-7-9-30(26-29)32-17-23-44-39(28-32)38-12-3-6-15-43(38)47-44/h1-28H. The molecule has 0 radical (unpaired) electrons. The average Bonchev–Trinajstić information content (AvgIpc) is 3.83. The van der Waals surface area contributed by atoms with Gasteiger partial charge < -0.3 is 9.13 Å². The van der Waals surface area contributed by atoms with Gasteiger partial charge in [-0.1, -0.05) is 84.9 Å². The lowest BCUT2D eigenvalue weighted by molar-refractivity contribution is 1.11. The zero-order valence-electron chi connectivity index (χ0n) is 25.5. The number of fused-ring (bicyclic) bond motifs is 7. The molecule has 0 aliphatic heterocycles. The molecule has 0 atom stereocenters. The zero-order valence-corrected chi connectivity index (χ0v) is 26.3. The molecule has 0 spiro atoms. The first kappa shape index (κ1) is 26.3. The second-order valence-corrected chi connectivity index (χ2v) is 13.3. The summed E-state index contributed by atoms with van der Waals surface area (Å²) in [5.74, 6) is 0. The number of aromatic nitrogens is 2. The highest BCUT2D eigenvalue weighted by atomic mass is 32.1. The lowest BCUT2D eigenvalue weighted by Crippen LogP contribution is -1.96. The van der Waals surface area contributed by atoms with E-state index in [9.17, 15) is 0 Å². The van der Waals surface area contributed by atoms with E-state index in [1.54, 1.807) is 0 Å². The number of nitrogens with zero attached hydrogens (tertiary/aromatic N) is 2. The van der Waals surface area contributed by atoms with E-state index in [0.29, 0.717) is 0 Å². The molecule has 0 aliphatic carbocycles. The average molecular weight is 617 g/mol. The third kappa shape index (κ3) is 4.17. The molecule has 10 aromatic rings. The number of benzene rings is 7. The molecule has 0 saturated carbocycles. The highest BCUT2D eigenvalue weighted by Gasteiger charge is 2.13. The first-order valence-corrected chi connectivity index (χ1v) is 16.8. The van der Waals surface area contributed by atoms with Crippen LogP contribution in [0.1, 0.15) is 0 Å². The van der Waals surface area contributed by atoms with Gasteiger partial charge >= 0.3 is 0 Å². The van der Waals surface area contributed by atoms with Crippen molar-refractivity contribution in [3.8, 4) is 33.6 Å². The molecule has 0 N–H and O–H groups in total. The van der Waals surface area contributed by atoms with Crippen molar-refractivity contribution in [1.29, 1.82) is 0 Å². The van der Waals surface area contributed by atoms with E-state index in [1.165, 1.54) is 75.1 Å². The van der Waals surface area contributed by atoms with Crippen LogP contribution in [0, 0.1) is 0 Å². The van der Waals surface area contributed by atoms with Crippen LogP contribution in [0.5, 0.6) is 0 Å². The van der Waals surface area contributed by atoms with E-state index in [0.717, 1.165) is 11.4 Å². The van der Waals surface area contributed by atoms with Gasteiger partial charge in [0.05, 0.1) is 16.6 Å². The molecule has 7 aromatic carbocycles. The number of hydrogen-bond acceptors (Lipinski definition) is 1. The van der Waals surface area contributed by atoms with Crippen LogP contribution in [-0.2, 0) is 0 Å². The summed E-state index contributed by atoms with van der Waals surface area (Å²) in [7, 11) is 0. The highest BCUT2D eigenvalue weighted by Crippen LogP contribution is 2.38. The second kappa shape index (κ2) is 10.3. The quantitative estimate of drug-likeness (QED) is 0.186. The summed E-state index contributed by atoms with van der Waals surface area (Å²) in [5.41, 5.74) is 10.9. The van der Waals surface area contributed by atoms with Gasteiger partial charge in [0.15, 0.2) is 0 Å². The summed E-state index contributed by atoms with van der Waals surface area (Å²) in [5, 5.41) is 6.45. The van der Waals surface area contributed by atoms with Crippen molar-refractivity contribution in [2.75, 3.05) is 0 Å². The van der Waals surface area contributed by atoms with E-state index in [4.69, 9.17) is 0 Å². The maximum atomic E-state index is 2.36. The smallest absolute Gasteiger partial charge is 0.0541 e. The Kier molecular flexibility index (Phi) is 5.78. The van der Waals surface area contributed by atoms with Gasteiger partial charge in [0.2, 0.25) is 0 Å². The van der Waals surface area contributed by atoms with Crippen LogP contribution < -0.4 is 0 Å². The van der Waals surface area contributed by atoms with Gasteiger partial charge in [0, 0.05) is 53.9 Å². The summed E-state index contributed by atoms with van der Waals surface area (Å²) >= 11 is 1.86. The third-order valence-electron chi connectivity index (χ3n) is 9.56. The van der Waals surface area contributed by atoms with E-state index >= 15 is 0 Å². The molecule has 3 heterocycles. The predicted molar refractivity (Wildman–Crippen MR) is 201 cm³/mol. The Morgan fingerprint density at radius 1 is 0.362 bits per heavy atom. The van der Waals surface area contributed by atoms with Crippen LogP contribution >= 0.6 is 11.3 Å². The van der Waals surface area contributed by atoms with Gasteiger partial charge in [-0.3, -0.25) is 0 Å². The van der Waals surface area contributed by atoms with Crippen LogP contribution in [0.25, 0.3) is 86.5 Å². The van der Waals surface area contributed by atoms with E-state index in [1.807, 2.05) is 11.3 Å². The monoisotopic (exact) mass is 616 g/mol. The third-order valence-corrected chi connectivity index (χ3v) is 10.7. The SMILES string of the molecule is c1cc(-c2ccc3c(ccn3-c3ccc(-n4c5ccccc5c5ccccc54)cc3)c2)cc(-c2ccc3sc4ccccc4c3c2)c1. The topological polar surface area (TPSA) is 9.86 Å². The number of rotatable bonds is 4. The fraction of sp³-hybridized carbons (Fsp3) is 0. The van der Waals surface area contributed by atoms with Gasteiger partial charge in [0.25, 0.3) is 0 Å². The Labute approximate surface area is 276 Å². The van der Waals surface area contributed by atoms with Crippen molar-refractivity contribution >= 4 is 64.2 Å². The molecule has 3 aromatic heterocycles. The summed E-state index contributed by atoms with van der Waals surface area (Å²) in [4.78, 5) is 0. The van der Waals surface area contributed by atoms with Gasteiger partial charge in [-0.05, 0) is 101 Å². The van der Waals surface area contributed by atoms with Crippen LogP contribution in [-0.4, -0.2) is 9.13 Å². The number of thiophene rings is 1. The lowest BCUT2D eigenvalue weighted by atomic mass is 9.97. The largest absolute Gasteiger partial charge is 0.317 e. The minimum absolute atomic E-state index is 1.15. The Morgan fingerprint density at radius 2 is 0.957 bits per heavy atom. The molecule has 2 nitrogen and oxygen atoms in total. The maximum Gasteiger partial charge on any atom is 0.0541 e. The Morgan fingerprint density at radius 3 is 1.72 bits per heavy atom. The highest BCUT2D eigenvalue weighted by molar-refractivity contribution is 7.25. The molecule has 220 valence electrons. The molecular formula is C44H28N2S. The van der Waals surface area contributed by atoms with Crippen molar-refractivity contribution in [2.45, 2.75) is 0 Å². The Hall–Kier alpha value is -5.90. The minimum Gasteiger partial charge on any atom is -0.317 e. The molecule has 47 heavy (non-hydrogen) atoms. The molecule has 10 rings (SSSR count). The lowest BCUT2D eigenvalue weighted by Gasteiger charge is -2.11. The van der Waals surface area contributed by atoms with Gasteiger partial charge in [-0.15, -0.1) is 11.3 Å². The molecular weight excluding hydrogens is 589 g/mol. The molecule has 0 fully saturated rings. The normalized spacial score (nSPS) is 11.8. The fourth-order valence-electron chi connectivity index (χ4n) is 7.29. The first-order chi connectivity index (χ1) is 23.3. The minimum atomic E-state index is 1.15. The van der Waals surface area contributed by atoms with Crippen molar-refractivity contribution < 1.29 is 0 Å². The van der Waals surface area contributed by atoms with Crippen molar-refractivity contribution in [3.05, 3.63) is 170 Å². The zero-order chi connectivity index (χ0) is 30.9. The molecule has 0 saturated heterocycles. The van der Waals surface area contributed by atoms with E-state index in [-0.39, 0.29) is 0 Å². The fourth-order valence-corrected chi connectivity index (χ4v) is 8.38. The van der Waals surface area contributed by atoms with Crippen molar-refractivity contribution in [2.24, 2.45) is 0 Å². The number of para-hydroxylation sites is 2.